The monoisotopic (exact) mass is 276 g/mol. The number of ether oxygens (including phenoxy) is 4. The van der Waals surface area contributed by atoms with Gasteiger partial charge in [0.05, 0.1) is 6.61 Å². The molecule has 0 aromatic carbocycles. The van der Waals surface area contributed by atoms with E-state index in [0.29, 0.717) is 33.0 Å². The van der Waals surface area contributed by atoms with E-state index in [0.717, 1.165) is 19.4 Å². The fourth-order valence-electron chi connectivity index (χ4n) is 1.45. The molecule has 0 unspecified atom stereocenters. The van der Waals surface area contributed by atoms with Crippen molar-refractivity contribution in [2.24, 2.45) is 5.73 Å². The Labute approximate surface area is 113 Å². The maximum absolute atomic E-state index is 10.5. The van der Waals surface area contributed by atoms with Crippen molar-refractivity contribution in [1.82, 2.24) is 5.32 Å². The third-order valence-electron chi connectivity index (χ3n) is 2.44. The Hall–Kier alpha value is -0.730. The number of nitrogens with one attached hydrogen (secondary N) is 1. The second kappa shape index (κ2) is 10.1. The lowest BCUT2D eigenvalue weighted by atomic mass is 10.3. The lowest BCUT2D eigenvalue weighted by molar-refractivity contribution is -0.142. The molecular weight excluding hydrogens is 252 g/mol. The van der Waals surface area contributed by atoms with Crippen LogP contribution in [0.4, 0.5) is 0 Å². The summed E-state index contributed by atoms with van der Waals surface area (Å²) in [6.07, 6.45) is 1.70. The van der Waals surface area contributed by atoms with Gasteiger partial charge >= 0.3 is 5.97 Å². The van der Waals surface area contributed by atoms with Crippen LogP contribution in [0.3, 0.4) is 0 Å². The van der Waals surface area contributed by atoms with Gasteiger partial charge < -0.3 is 24.7 Å². The Kier molecular flexibility index (Phi) is 8.68. The van der Waals surface area contributed by atoms with Crippen molar-refractivity contribution in [3.8, 4) is 0 Å². The molecule has 0 amide bonds. The maximum atomic E-state index is 10.5. The van der Waals surface area contributed by atoms with Crippen LogP contribution in [0.1, 0.15) is 19.8 Å². The predicted octanol–water partition coefficient (Wildman–Crippen LogP) is -0.406. The quantitative estimate of drug-likeness (QED) is 0.284. The molecule has 0 saturated carbocycles. The second-order valence-corrected chi connectivity index (χ2v) is 4.20. The first-order valence-electron chi connectivity index (χ1n) is 6.65. The highest BCUT2D eigenvalue weighted by atomic mass is 16.8. The summed E-state index contributed by atoms with van der Waals surface area (Å²) in [7, 11) is 0. The molecule has 1 heterocycles. The highest BCUT2D eigenvalue weighted by Crippen LogP contribution is 2.20. The van der Waals surface area contributed by atoms with E-state index in [4.69, 9.17) is 24.7 Å². The highest BCUT2D eigenvalue weighted by molar-refractivity contribution is 5.65. The molecule has 7 nitrogen and oxygen atoms in total. The summed E-state index contributed by atoms with van der Waals surface area (Å²) in [5.41, 5.74) is 5.36. The summed E-state index contributed by atoms with van der Waals surface area (Å²) in [5.74, 6) is -0.278. The Morgan fingerprint density at radius 2 is 2.05 bits per heavy atom. The molecule has 1 rings (SSSR count). The van der Waals surface area contributed by atoms with Crippen molar-refractivity contribution >= 4 is 5.97 Å². The van der Waals surface area contributed by atoms with Gasteiger partial charge in [0, 0.05) is 33.2 Å². The first-order chi connectivity index (χ1) is 9.24. The van der Waals surface area contributed by atoms with E-state index < -0.39 is 0 Å². The summed E-state index contributed by atoms with van der Waals surface area (Å²) in [6.45, 7) is 4.77. The topological polar surface area (TPSA) is 95.3 Å². The van der Waals surface area contributed by atoms with E-state index in [1.165, 1.54) is 6.92 Å². The van der Waals surface area contributed by atoms with Crippen molar-refractivity contribution in [2.75, 3.05) is 39.5 Å². The number of hydrogen-bond acceptors (Lipinski definition) is 7. The zero-order chi connectivity index (χ0) is 13.9. The first-order valence-corrected chi connectivity index (χ1v) is 6.65. The van der Waals surface area contributed by atoms with Gasteiger partial charge in [-0.15, -0.1) is 0 Å². The third kappa shape index (κ3) is 8.90. The Morgan fingerprint density at radius 1 is 1.26 bits per heavy atom. The van der Waals surface area contributed by atoms with Gasteiger partial charge in [-0.05, 0) is 12.8 Å². The standard InChI is InChI=1S/C12H24N2O5/c1-10(15)17-9-8-16-6-2-3-7-18-12-11(19-12)14-5-4-13/h11-12,14H,2-9,13H2,1H3/t11-,12+/m0/s1. The average Bonchev–Trinajstić information content (AvgIpc) is 3.12. The average molecular weight is 276 g/mol. The minimum Gasteiger partial charge on any atom is -0.463 e. The molecule has 112 valence electrons. The van der Waals surface area contributed by atoms with E-state index >= 15 is 0 Å². The maximum Gasteiger partial charge on any atom is 0.302 e. The summed E-state index contributed by atoms with van der Waals surface area (Å²) in [4.78, 5) is 10.5. The molecule has 1 fully saturated rings. The van der Waals surface area contributed by atoms with Gasteiger partial charge in [0.25, 0.3) is 0 Å². The lowest BCUT2D eigenvalue weighted by Crippen LogP contribution is -2.27. The molecule has 2 atom stereocenters. The van der Waals surface area contributed by atoms with Gasteiger partial charge in [-0.25, -0.2) is 0 Å². The number of hydrogen-bond donors (Lipinski definition) is 2. The largest absolute Gasteiger partial charge is 0.463 e. The summed E-state index contributed by atoms with van der Waals surface area (Å²) in [5, 5.41) is 3.10. The van der Waals surface area contributed by atoms with Crippen LogP contribution in [-0.4, -0.2) is 58.0 Å². The van der Waals surface area contributed by atoms with Crippen molar-refractivity contribution in [1.29, 1.82) is 0 Å². The van der Waals surface area contributed by atoms with E-state index in [1.54, 1.807) is 0 Å². The molecule has 0 aliphatic carbocycles. The molecule has 3 N–H and O–H groups in total. The fraction of sp³-hybridized carbons (Fsp3) is 0.917. The number of unbranched alkanes of at least 4 members (excludes halogenated alkanes) is 1. The molecule has 0 radical (unpaired) electrons. The van der Waals surface area contributed by atoms with Crippen molar-refractivity contribution < 1.29 is 23.7 Å². The smallest absolute Gasteiger partial charge is 0.302 e. The number of carbonyl (C=O) groups excluding carboxylic acids is 1. The molecule has 7 heteroatoms. The van der Waals surface area contributed by atoms with E-state index in [2.05, 4.69) is 5.32 Å². The molecule has 0 aromatic rings. The molecule has 0 aromatic heterocycles. The summed E-state index contributed by atoms with van der Waals surface area (Å²) in [6, 6.07) is 0. The van der Waals surface area contributed by atoms with Gasteiger partial charge in [-0.2, -0.15) is 0 Å². The minimum atomic E-state index is -0.278. The summed E-state index contributed by atoms with van der Waals surface area (Å²) < 4.78 is 20.7. The first kappa shape index (κ1) is 16.3. The van der Waals surface area contributed by atoms with Gasteiger partial charge in [-0.1, -0.05) is 0 Å². The van der Waals surface area contributed by atoms with E-state index in [9.17, 15) is 4.79 Å². The lowest BCUT2D eigenvalue weighted by Gasteiger charge is -2.04. The number of nitrogens with two attached hydrogens (primary N) is 1. The predicted molar refractivity (Wildman–Crippen MR) is 68.4 cm³/mol. The molecule has 0 bridgehead atoms. The Balaban J connectivity index is 1.74. The van der Waals surface area contributed by atoms with Crippen LogP contribution in [0.5, 0.6) is 0 Å². The summed E-state index contributed by atoms with van der Waals surface area (Å²) >= 11 is 0. The van der Waals surface area contributed by atoms with Crippen LogP contribution in [0.25, 0.3) is 0 Å². The van der Waals surface area contributed by atoms with E-state index in [-0.39, 0.29) is 18.5 Å². The molecule has 0 spiro atoms. The SMILES string of the molecule is CC(=O)OCCOCCCCO[C@@H]1O[C@@H]1NCCN. The number of epoxide rings is 1. The van der Waals surface area contributed by atoms with Crippen LogP contribution in [0.2, 0.25) is 0 Å². The fourth-order valence-corrected chi connectivity index (χ4v) is 1.45. The molecule has 1 aliphatic rings. The van der Waals surface area contributed by atoms with Crippen molar-refractivity contribution in [3.05, 3.63) is 0 Å². The number of carbonyl (C=O) groups is 1. The number of rotatable bonds is 12. The second-order valence-electron chi connectivity index (χ2n) is 4.20. The number of esters is 1. The van der Waals surface area contributed by atoms with Gasteiger partial charge in [0.15, 0.2) is 12.5 Å². The van der Waals surface area contributed by atoms with Crippen molar-refractivity contribution in [2.45, 2.75) is 32.3 Å². The van der Waals surface area contributed by atoms with Gasteiger partial charge in [0.2, 0.25) is 0 Å². The highest BCUT2D eigenvalue weighted by Gasteiger charge is 2.39. The molecule has 1 saturated heterocycles. The van der Waals surface area contributed by atoms with Crippen LogP contribution in [0.15, 0.2) is 0 Å². The van der Waals surface area contributed by atoms with E-state index in [1.807, 2.05) is 0 Å². The van der Waals surface area contributed by atoms with Gasteiger partial charge in [0.1, 0.15) is 6.61 Å². The van der Waals surface area contributed by atoms with Crippen molar-refractivity contribution in [3.63, 3.8) is 0 Å². The van der Waals surface area contributed by atoms with Gasteiger partial charge in [-0.3, -0.25) is 10.1 Å². The zero-order valence-electron chi connectivity index (χ0n) is 11.4. The molecule has 1 aliphatic heterocycles. The third-order valence-corrected chi connectivity index (χ3v) is 2.44. The normalized spacial score (nSPS) is 21.4. The zero-order valence-corrected chi connectivity index (χ0v) is 11.4. The Morgan fingerprint density at radius 3 is 2.79 bits per heavy atom. The van der Waals surface area contributed by atoms with Crippen LogP contribution >= 0.6 is 0 Å². The Bertz CT molecular complexity index is 252. The molecular formula is C12H24N2O5. The van der Waals surface area contributed by atoms with Crippen LogP contribution in [-0.2, 0) is 23.7 Å². The van der Waals surface area contributed by atoms with Crippen LogP contribution < -0.4 is 11.1 Å². The minimum absolute atomic E-state index is 0.00327. The molecule has 19 heavy (non-hydrogen) atoms. The van der Waals surface area contributed by atoms with Crippen LogP contribution in [0, 0.1) is 0 Å².